The molecule has 0 amide bonds. The Morgan fingerprint density at radius 3 is 2.32 bits per heavy atom. The van der Waals surface area contributed by atoms with Gasteiger partial charge in [-0.2, -0.15) is 4.31 Å². The van der Waals surface area contributed by atoms with Gasteiger partial charge in [0.2, 0.25) is 10.0 Å². The van der Waals surface area contributed by atoms with E-state index in [0.29, 0.717) is 22.7 Å². The first-order chi connectivity index (χ1) is 8.59. The van der Waals surface area contributed by atoms with Crippen LogP contribution in [-0.2, 0) is 10.0 Å². The van der Waals surface area contributed by atoms with Crippen LogP contribution in [0.15, 0.2) is 23.1 Å². The van der Waals surface area contributed by atoms with E-state index in [1.54, 1.807) is 27.8 Å². The number of rotatable bonds is 4. The van der Waals surface area contributed by atoms with Crippen molar-refractivity contribution in [2.24, 2.45) is 0 Å². The topological polar surface area (TPSA) is 63.4 Å². The molecule has 0 aromatic heterocycles. The third-order valence-corrected chi connectivity index (χ3v) is 5.22. The third-order valence-electron chi connectivity index (χ3n) is 3.12. The van der Waals surface area contributed by atoms with E-state index in [2.05, 4.69) is 6.58 Å². The summed E-state index contributed by atoms with van der Waals surface area (Å²) in [5.74, 6) is 0. The highest BCUT2D eigenvalue weighted by Gasteiger charge is 2.26. The van der Waals surface area contributed by atoms with Crippen LogP contribution in [0.3, 0.4) is 0 Å². The van der Waals surface area contributed by atoms with Gasteiger partial charge in [0.05, 0.1) is 4.90 Å². The van der Waals surface area contributed by atoms with Crippen molar-refractivity contribution in [1.29, 1.82) is 0 Å². The molecule has 0 atom stereocenters. The molecule has 0 aliphatic rings. The van der Waals surface area contributed by atoms with Gasteiger partial charge in [0.15, 0.2) is 0 Å². The summed E-state index contributed by atoms with van der Waals surface area (Å²) < 4.78 is 26.5. The predicted molar refractivity (Wildman–Crippen MR) is 79.7 cm³/mol. The normalized spacial score (nSPS) is 11.9. The Balaban J connectivity index is 3.46. The Morgan fingerprint density at radius 2 is 1.84 bits per heavy atom. The van der Waals surface area contributed by atoms with Crippen LogP contribution < -0.4 is 5.73 Å². The molecule has 0 radical (unpaired) electrons. The first-order valence-electron chi connectivity index (χ1n) is 6.06. The number of anilines is 1. The lowest BCUT2D eigenvalue weighted by atomic mass is 10.1. The summed E-state index contributed by atoms with van der Waals surface area (Å²) in [6, 6.07) is 1.81. The van der Waals surface area contributed by atoms with Crippen molar-refractivity contribution in [2.45, 2.75) is 32.6 Å². The first kappa shape index (κ1) is 15.7. The van der Waals surface area contributed by atoms with Crippen LogP contribution in [0.4, 0.5) is 5.69 Å². The number of hydrogen-bond acceptors (Lipinski definition) is 3. The van der Waals surface area contributed by atoms with Crippen LogP contribution >= 0.6 is 0 Å². The van der Waals surface area contributed by atoms with Crippen molar-refractivity contribution in [3.63, 3.8) is 0 Å². The fourth-order valence-corrected chi connectivity index (χ4v) is 3.86. The number of nitrogens with two attached hydrogens (primary N) is 1. The Labute approximate surface area is 116 Å². The van der Waals surface area contributed by atoms with Crippen LogP contribution in [0, 0.1) is 20.8 Å². The lowest BCUT2D eigenvalue weighted by Gasteiger charge is -2.21. The summed E-state index contributed by atoms with van der Waals surface area (Å²) in [5.41, 5.74) is 9.51. The molecule has 2 N–H and O–H groups in total. The monoisotopic (exact) mass is 282 g/mol. The number of aryl methyl sites for hydroxylation is 2. The van der Waals surface area contributed by atoms with Crippen LogP contribution in [0.5, 0.6) is 0 Å². The van der Waals surface area contributed by atoms with E-state index < -0.39 is 10.0 Å². The molecule has 0 fully saturated rings. The number of likely N-dealkylation sites (N-methyl/N-ethyl adjacent to an activating group) is 1. The quantitative estimate of drug-likeness (QED) is 0.681. The van der Waals surface area contributed by atoms with E-state index in [1.165, 1.54) is 4.31 Å². The highest BCUT2D eigenvalue weighted by atomic mass is 32.2. The third kappa shape index (κ3) is 2.98. The molecule has 5 heteroatoms. The summed E-state index contributed by atoms with van der Waals surface area (Å²) in [6.07, 6.45) is 0. The minimum Gasteiger partial charge on any atom is -0.398 e. The maximum Gasteiger partial charge on any atom is 0.243 e. The number of sulfonamides is 1. The molecule has 0 aliphatic heterocycles. The largest absolute Gasteiger partial charge is 0.398 e. The van der Waals surface area contributed by atoms with Crippen molar-refractivity contribution in [3.8, 4) is 0 Å². The second-order valence-corrected chi connectivity index (χ2v) is 7.08. The summed E-state index contributed by atoms with van der Waals surface area (Å²) in [5, 5.41) is 0. The van der Waals surface area contributed by atoms with E-state index in [4.69, 9.17) is 5.73 Å². The van der Waals surface area contributed by atoms with Crippen LogP contribution in [0.25, 0.3) is 0 Å². The Kier molecular flexibility index (Phi) is 4.43. The Hall–Kier alpha value is -1.33. The molecule has 106 valence electrons. The number of nitrogens with zero attached hydrogens (tertiary/aromatic N) is 1. The van der Waals surface area contributed by atoms with Gasteiger partial charge < -0.3 is 5.73 Å². The molecule has 1 rings (SSSR count). The van der Waals surface area contributed by atoms with Gasteiger partial charge in [-0.3, -0.25) is 0 Å². The molecule has 0 spiro atoms. The zero-order valence-electron chi connectivity index (χ0n) is 12.2. The minimum absolute atomic E-state index is 0.301. The molecule has 0 bridgehead atoms. The zero-order valence-corrected chi connectivity index (χ0v) is 13.1. The van der Waals surface area contributed by atoms with Crippen LogP contribution in [-0.4, -0.2) is 26.3 Å². The molecule has 1 aromatic rings. The van der Waals surface area contributed by atoms with Gasteiger partial charge in [-0.1, -0.05) is 18.2 Å². The second-order valence-electron chi connectivity index (χ2n) is 5.10. The van der Waals surface area contributed by atoms with Crippen molar-refractivity contribution < 1.29 is 8.42 Å². The highest BCUT2D eigenvalue weighted by molar-refractivity contribution is 7.89. The maximum atomic E-state index is 12.6. The van der Waals surface area contributed by atoms with E-state index in [1.807, 2.05) is 13.0 Å². The van der Waals surface area contributed by atoms with Crippen molar-refractivity contribution >= 4 is 15.7 Å². The van der Waals surface area contributed by atoms with Crippen molar-refractivity contribution in [3.05, 3.63) is 34.9 Å². The van der Waals surface area contributed by atoms with Crippen molar-refractivity contribution in [1.82, 2.24) is 4.31 Å². The van der Waals surface area contributed by atoms with Gasteiger partial charge in [-0.05, 0) is 44.4 Å². The second kappa shape index (κ2) is 5.35. The zero-order chi connectivity index (χ0) is 15.0. The molecule has 0 heterocycles. The summed E-state index contributed by atoms with van der Waals surface area (Å²) in [6.45, 7) is 11.3. The lowest BCUT2D eigenvalue weighted by molar-refractivity contribution is 0.492. The number of hydrogen-bond donors (Lipinski definition) is 1. The SMILES string of the molecule is C=C(C)CN(C)S(=O)(=O)c1c(C)cc(C)c(N)c1C. The maximum absolute atomic E-state index is 12.6. The number of nitrogen functional groups attached to an aromatic ring is 1. The average Bonchev–Trinajstić information content (AvgIpc) is 2.24. The summed E-state index contributed by atoms with van der Waals surface area (Å²) in [4.78, 5) is 0.305. The molecule has 19 heavy (non-hydrogen) atoms. The smallest absolute Gasteiger partial charge is 0.243 e. The number of benzene rings is 1. The first-order valence-corrected chi connectivity index (χ1v) is 7.50. The molecule has 0 saturated heterocycles. The molecule has 0 saturated carbocycles. The molecule has 0 unspecified atom stereocenters. The molecular weight excluding hydrogens is 260 g/mol. The van der Waals surface area contributed by atoms with E-state index in [-0.39, 0.29) is 0 Å². The Morgan fingerprint density at radius 1 is 1.32 bits per heavy atom. The molecule has 4 nitrogen and oxygen atoms in total. The summed E-state index contributed by atoms with van der Waals surface area (Å²) >= 11 is 0. The van der Waals surface area contributed by atoms with Gasteiger partial charge in [-0.25, -0.2) is 8.42 Å². The van der Waals surface area contributed by atoms with Crippen LogP contribution in [0.1, 0.15) is 23.6 Å². The molecular formula is C14H22N2O2S. The van der Waals surface area contributed by atoms with E-state index in [0.717, 1.165) is 16.7 Å². The Bertz CT molecular complexity index is 619. The lowest BCUT2D eigenvalue weighted by Crippen LogP contribution is -2.29. The van der Waals surface area contributed by atoms with E-state index >= 15 is 0 Å². The summed E-state index contributed by atoms with van der Waals surface area (Å²) in [7, 11) is -1.99. The highest BCUT2D eigenvalue weighted by Crippen LogP contribution is 2.29. The van der Waals surface area contributed by atoms with Crippen LogP contribution in [0.2, 0.25) is 0 Å². The average molecular weight is 282 g/mol. The van der Waals surface area contributed by atoms with Gasteiger partial charge in [-0.15, -0.1) is 0 Å². The minimum atomic E-state index is -3.54. The van der Waals surface area contributed by atoms with Crippen molar-refractivity contribution in [2.75, 3.05) is 19.3 Å². The van der Waals surface area contributed by atoms with Gasteiger partial charge >= 0.3 is 0 Å². The molecule has 0 aliphatic carbocycles. The van der Waals surface area contributed by atoms with Gasteiger partial charge in [0.1, 0.15) is 0 Å². The molecule has 1 aromatic carbocycles. The standard InChI is InChI=1S/C14H22N2O2S/c1-9(2)8-16(6)19(17,18)14-11(4)7-10(3)13(15)12(14)5/h7H,1,8,15H2,2-6H3. The fourth-order valence-electron chi connectivity index (χ4n) is 2.20. The predicted octanol–water partition coefficient (Wildman–Crippen LogP) is 2.39. The van der Waals surface area contributed by atoms with Gasteiger partial charge in [0.25, 0.3) is 0 Å². The van der Waals surface area contributed by atoms with Gasteiger partial charge in [0, 0.05) is 19.3 Å². The fraction of sp³-hybridized carbons (Fsp3) is 0.429. The van der Waals surface area contributed by atoms with E-state index in [9.17, 15) is 8.42 Å².